The molecule has 42 heavy (non-hydrogen) atoms. The van der Waals surface area contributed by atoms with E-state index in [1.807, 2.05) is 54.7 Å². The summed E-state index contributed by atoms with van der Waals surface area (Å²) >= 11 is 0. The Kier molecular flexibility index (Phi) is 8.11. The fourth-order valence-electron chi connectivity index (χ4n) is 6.62. The molecule has 2 N–H and O–H groups in total. The molecule has 3 aromatic carbocycles. The third kappa shape index (κ3) is 5.58. The average Bonchev–Trinajstić information content (AvgIpc) is 3.42. The summed E-state index contributed by atoms with van der Waals surface area (Å²) in [5.74, 6) is -0.0272. The van der Waals surface area contributed by atoms with Gasteiger partial charge in [0.1, 0.15) is 6.04 Å². The number of amides is 1. The minimum Gasteiger partial charge on any atom is -0.373 e. The van der Waals surface area contributed by atoms with Crippen molar-refractivity contribution in [3.8, 4) is 11.1 Å². The van der Waals surface area contributed by atoms with Crippen LogP contribution in [0, 0.1) is 0 Å². The van der Waals surface area contributed by atoms with E-state index in [1.165, 1.54) is 31.2 Å². The molecule has 2 heterocycles. The first-order valence-electron chi connectivity index (χ1n) is 15.0. The topological polar surface area (TPSA) is 88.2 Å². The molecule has 0 radical (unpaired) electrons. The maximum Gasteiger partial charge on any atom is 0.243 e. The van der Waals surface area contributed by atoms with E-state index in [2.05, 4.69) is 15.6 Å². The zero-order valence-corrected chi connectivity index (χ0v) is 24.6. The molecule has 216 valence electrons. The Hall–Kier alpha value is -3.97. The number of nitrogens with zero attached hydrogens (tertiary/aromatic N) is 1. The number of nitrogens with one attached hydrogen (secondary N) is 2. The summed E-state index contributed by atoms with van der Waals surface area (Å²) in [4.78, 5) is 18.6. The van der Waals surface area contributed by atoms with Crippen molar-refractivity contribution in [2.45, 2.75) is 79.2 Å². The van der Waals surface area contributed by atoms with Crippen molar-refractivity contribution in [2.75, 3.05) is 5.32 Å². The van der Waals surface area contributed by atoms with Gasteiger partial charge < -0.3 is 10.6 Å². The molecule has 1 aliphatic heterocycles. The lowest BCUT2D eigenvalue weighted by Gasteiger charge is -2.35. The van der Waals surface area contributed by atoms with Gasteiger partial charge in [0.15, 0.2) is 0 Å². The number of anilines is 1. The lowest BCUT2D eigenvalue weighted by atomic mass is 9.70. The van der Waals surface area contributed by atoms with Crippen LogP contribution in [0.2, 0.25) is 0 Å². The third-order valence-electron chi connectivity index (χ3n) is 8.94. The number of benzene rings is 3. The lowest BCUT2D eigenvalue weighted by Crippen LogP contribution is -2.49. The van der Waals surface area contributed by atoms with Crippen LogP contribution in [0.25, 0.3) is 11.1 Å². The Morgan fingerprint density at radius 3 is 2.05 bits per heavy atom. The molecule has 1 aliphatic carbocycles. The van der Waals surface area contributed by atoms with Gasteiger partial charge in [0.05, 0.1) is 9.79 Å². The van der Waals surface area contributed by atoms with Crippen molar-refractivity contribution >= 4 is 21.4 Å². The van der Waals surface area contributed by atoms with Crippen molar-refractivity contribution in [3.05, 3.63) is 108 Å². The molecule has 2 aliphatic rings. The highest BCUT2D eigenvalue weighted by Gasteiger charge is 2.49. The van der Waals surface area contributed by atoms with Crippen LogP contribution in [0.5, 0.6) is 0 Å². The van der Waals surface area contributed by atoms with Gasteiger partial charge in [-0.1, -0.05) is 93.1 Å². The molecule has 4 aromatic rings. The molecule has 0 saturated heterocycles. The number of hydrogen-bond acceptors (Lipinski definition) is 5. The summed E-state index contributed by atoms with van der Waals surface area (Å²) in [7, 11) is -3.66. The molecule has 0 bridgehead atoms. The van der Waals surface area contributed by atoms with Crippen LogP contribution in [-0.2, 0) is 26.6 Å². The Balaban J connectivity index is 1.14. The van der Waals surface area contributed by atoms with Crippen LogP contribution < -0.4 is 10.6 Å². The number of carbonyl (C=O) groups is 1. The molecule has 1 atom stereocenters. The fraction of sp³-hybridized carbons (Fsp3) is 0.314. The van der Waals surface area contributed by atoms with Gasteiger partial charge >= 0.3 is 0 Å². The third-order valence-corrected chi connectivity index (χ3v) is 10.7. The molecule has 6 rings (SSSR count). The lowest BCUT2D eigenvalue weighted by molar-refractivity contribution is -0.123. The second-order valence-corrected chi connectivity index (χ2v) is 13.5. The van der Waals surface area contributed by atoms with Gasteiger partial charge in [0, 0.05) is 35.6 Å². The first-order chi connectivity index (χ1) is 20.5. The molecule has 1 saturated carbocycles. The summed E-state index contributed by atoms with van der Waals surface area (Å²) in [5, 5.41) is 6.67. The number of carbonyl (C=O) groups excluding carboxylic acids is 1. The van der Waals surface area contributed by atoms with Gasteiger partial charge in [-0.3, -0.25) is 9.78 Å². The molecular formula is C35H37N3O3S. The van der Waals surface area contributed by atoms with Gasteiger partial charge in [-0.25, -0.2) is 8.42 Å². The maximum atomic E-state index is 13.7. The molecule has 1 fully saturated rings. The second kappa shape index (κ2) is 12.1. The predicted octanol–water partition coefficient (Wildman–Crippen LogP) is 7.06. The highest BCUT2D eigenvalue weighted by atomic mass is 32.2. The van der Waals surface area contributed by atoms with Gasteiger partial charge in [0.2, 0.25) is 15.7 Å². The summed E-state index contributed by atoms with van der Waals surface area (Å²) in [5.41, 5.74) is 4.77. The van der Waals surface area contributed by atoms with E-state index >= 15 is 0 Å². The highest BCUT2D eigenvalue weighted by Crippen LogP contribution is 2.48. The van der Waals surface area contributed by atoms with Gasteiger partial charge in [-0.05, 0) is 59.9 Å². The van der Waals surface area contributed by atoms with Crippen LogP contribution in [0.1, 0.15) is 62.5 Å². The van der Waals surface area contributed by atoms with Crippen LogP contribution >= 0.6 is 0 Å². The first kappa shape index (κ1) is 28.2. The van der Waals surface area contributed by atoms with E-state index in [0.29, 0.717) is 6.54 Å². The molecule has 6 nitrogen and oxygen atoms in total. The van der Waals surface area contributed by atoms with E-state index in [4.69, 9.17) is 0 Å². The number of fused-ring (bicyclic) bond motifs is 2. The summed E-state index contributed by atoms with van der Waals surface area (Å²) in [6, 6.07) is 25.3. The Labute approximate surface area is 248 Å². The van der Waals surface area contributed by atoms with E-state index in [9.17, 15) is 13.2 Å². The largest absolute Gasteiger partial charge is 0.373 e. The number of aromatic nitrogens is 1. The molecule has 7 heteroatoms. The highest BCUT2D eigenvalue weighted by molar-refractivity contribution is 7.91. The van der Waals surface area contributed by atoms with Crippen LogP contribution in [0.15, 0.2) is 107 Å². The number of pyridine rings is 1. The first-order valence-corrected chi connectivity index (χ1v) is 16.4. The zero-order valence-electron chi connectivity index (χ0n) is 23.8. The number of sulfone groups is 1. The summed E-state index contributed by atoms with van der Waals surface area (Å²) in [6.45, 7) is 0.327. The van der Waals surface area contributed by atoms with Crippen LogP contribution in [0.3, 0.4) is 0 Å². The quantitative estimate of drug-likeness (QED) is 0.255. The molecule has 1 aromatic heterocycles. The van der Waals surface area contributed by atoms with Crippen molar-refractivity contribution in [1.29, 1.82) is 0 Å². The monoisotopic (exact) mass is 579 g/mol. The normalized spacial score (nSPS) is 18.2. The predicted molar refractivity (Wildman–Crippen MR) is 166 cm³/mol. The van der Waals surface area contributed by atoms with Crippen molar-refractivity contribution < 1.29 is 13.2 Å². The number of hydrogen-bond donors (Lipinski definition) is 2. The van der Waals surface area contributed by atoms with Gasteiger partial charge in [-0.2, -0.15) is 0 Å². The van der Waals surface area contributed by atoms with E-state index in [0.717, 1.165) is 48.1 Å². The Morgan fingerprint density at radius 1 is 0.786 bits per heavy atom. The molecule has 1 unspecified atom stereocenters. The van der Waals surface area contributed by atoms with E-state index < -0.39 is 9.84 Å². The fourth-order valence-corrected chi connectivity index (χ4v) is 7.89. The molecule has 1 spiro atoms. The second-order valence-electron chi connectivity index (χ2n) is 11.5. The average molecular weight is 580 g/mol. The summed E-state index contributed by atoms with van der Waals surface area (Å²) in [6.07, 6.45) is 12.8. The number of rotatable bonds is 6. The molecule has 1 amide bonds. The van der Waals surface area contributed by atoms with E-state index in [1.54, 1.807) is 42.6 Å². The van der Waals surface area contributed by atoms with Crippen LogP contribution in [0.4, 0.5) is 5.69 Å². The van der Waals surface area contributed by atoms with Crippen molar-refractivity contribution in [3.63, 3.8) is 0 Å². The van der Waals surface area contributed by atoms with Crippen LogP contribution in [-0.4, -0.2) is 25.4 Å². The Bertz CT molecular complexity index is 1630. The SMILES string of the molecule is O=C(NCc1ccc(S(=O)(=O)c2ccc(-c3ccccc3)cc2)cc1)C1Nc2ccncc2C12CCCCCCCC2. The standard InChI is InChI=1S/C35H37N3O3S/c39-34(33-35(21-8-3-1-2-4-9-22-35)31-25-36-23-20-32(31)38-33)37-24-26-12-16-29(17-13-26)42(40,41)30-18-14-28(15-19-30)27-10-6-5-7-11-27/h5-7,10-20,23,25,33,38H,1-4,8-9,21-22,24H2,(H,37,39). The van der Waals surface area contributed by atoms with Gasteiger partial charge in [0.25, 0.3) is 0 Å². The van der Waals surface area contributed by atoms with Gasteiger partial charge in [-0.15, -0.1) is 0 Å². The van der Waals surface area contributed by atoms with E-state index in [-0.39, 0.29) is 27.2 Å². The smallest absolute Gasteiger partial charge is 0.243 e. The van der Waals surface area contributed by atoms with Crippen molar-refractivity contribution in [1.82, 2.24) is 10.3 Å². The minimum absolute atomic E-state index is 0.0272. The Morgan fingerprint density at radius 2 is 1.38 bits per heavy atom. The maximum absolute atomic E-state index is 13.7. The zero-order chi connectivity index (χ0) is 29.0. The molecular weight excluding hydrogens is 542 g/mol. The van der Waals surface area contributed by atoms with Crippen molar-refractivity contribution in [2.24, 2.45) is 0 Å². The minimum atomic E-state index is -3.66. The summed E-state index contributed by atoms with van der Waals surface area (Å²) < 4.78 is 26.6.